The second-order valence-corrected chi connectivity index (χ2v) is 14.5. The van der Waals surface area contributed by atoms with E-state index < -0.39 is 18.1 Å². The smallest absolute Gasteiger partial charge is 0.362 e. The number of ether oxygens (including phenoxy) is 3. The second kappa shape index (κ2) is 35.1. The van der Waals surface area contributed by atoms with Gasteiger partial charge < -0.3 is 23.8 Å². The van der Waals surface area contributed by atoms with E-state index in [1.807, 2.05) is 21.1 Å². The highest BCUT2D eigenvalue weighted by Gasteiger charge is 2.31. The molecule has 0 amide bonds. The Kier molecular flexibility index (Phi) is 33.1. The number of nitrogens with zero attached hydrogens (tertiary/aromatic N) is 1. The Balaban J connectivity index is 4.40. The summed E-state index contributed by atoms with van der Waals surface area (Å²) in [6.45, 7) is 4.52. The molecule has 0 rings (SSSR count). The van der Waals surface area contributed by atoms with Crippen molar-refractivity contribution in [2.24, 2.45) is 0 Å². The Morgan fingerprint density at radius 3 is 1.67 bits per heavy atom. The maximum Gasteiger partial charge on any atom is 0.362 e. The molecule has 0 bridgehead atoms. The van der Waals surface area contributed by atoms with Crippen molar-refractivity contribution in [3.8, 4) is 0 Å². The van der Waals surface area contributed by atoms with Crippen LogP contribution in [0.2, 0.25) is 0 Å². The monoisotopic (exact) mass is 731 g/mol. The highest BCUT2D eigenvalue weighted by Crippen LogP contribution is 2.12. The largest absolute Gasteiger partial charge is 0.477 e. The summed E-state index contributed by atoms with van der Waals surface area (Å²) >= 11 is 0. The van der Waals surface area contributed by atoms with Gasteiger partial charge in [0.05, 0.1) is 34.4 Å². The van der Waals surface area contributed by atoms with Crippen LogP contribution >= 0.6 is 0 Å². The number of hydrogen-bond donors (Lipinski definition) is 1. The Hall–Kier alpha value is -2.97. The zero-order chi connectivity index (χ0) is 38.5. The molecule has 0 aromatic carbocycles. The first-order valence-corrected chi connectivity index (χ1v) is 20.3. The van der Waals surface area contributed by atoms with E-state index in [1.165, 1.54) is 38.5 Å². The summed E-state index contributed by atoms with van der Waals surface area (Å²) in [6.07, 6.45) is 41.3. The molecule has 52 heavy (non-hydrogen) atoms. The molecule has 2 unspecified atom stereocenters. The molecule has 0 aliphatic heterocycles. The number of hydrogen-bond acceptors (Lipinski definition) is 6. The van der Waals surface area contributed by atoms with Crippen LogP contribution in [0.3, 0.4) is 0 Å². The minimum absolute atomic E-state index is 0.0442. The Morgan fingerprint density at radius 1 is 0.596 bits per heavy atom. The summed E-state index contributed by atoms with van der Waals surface area (Å²) in [5, 5.41) is 9.59. The molecule has 0 heterocycles. The lowest BCUT2D eigenvalue weighted by Gasteiger charge is -2.31. The third-order valence-electron chi connectivity index (χ3n) is 8.65. The maximum absolute atomic E-state index is 12.7. The van der Waals surface area contributed by atoms with E-state index in [9.17, 15) is 19.5 Å². The Bertz CT molecular complexity index is 1040. The maximum atomic E-state index is 12.7. The number of carbonyl (C=O) groups excluding carboxylic acids is 2. The van der Waals surface area contributed by atoms with Crippen molar-refractivity contribution in [2.75, 3.05) is 41.0 Å². The van der Waals surface area contributed by atoms with Crippen LogP contribution in [0, 0.1) is 0 Å². The number of rotatable bonds is 35. The molecule has 8 nitrogen and oxygen atoms in total. The van der Waals surface area contributed by atoms with Gasteiger partial charge in [-0.3, -0.25) is 9.59 Å². The summed E-state index contributed by atoms with van der Waals surface area (Å²) in [4.78, 5) is 36.8. The van der Waals surface area contributed by atoms with Crippen LogP contribution in [-0.4, -0.2) is 80.6 Å². The molecule has 0 saturated carbocycles. The molecule has 0 fully saturated rings. The Labute approximate surface area is 318 Å². The van der Waals surface area contributed by atoms with Gasteiger partial charge in [-0.1, -0.05) is 120 Å². The lowest BCUT2D eigenvalue weighted by atomic mass is 10.1. The third-order valence-corrected chi connectivity index (χ3v) is 8.65. The minimum Gasteiger partial charge on any atom is -0.477 e. The van der Waals surface area contributed by atoms with Crippen LogP contribution in [0.15, 0.2) is 60.8 Å². The fraction of sp³-hybridized carbons (Fsp3) is 0.705. The van der Waals surface area contributed by atoms with E-state index in [1.54, 1.807) is 0 Å². The average molecular weight is 731 g/mol. The van der Waals surface area contributed by atoms with Gasteiger partial charge in [0.15, 0.2) is 12.1 Å². The minimum atomic E-state index is -0.884. The number of likely N-dealkylation sites (N-methyl/N-ethyl adjacent to an activating group) is 1. The fourth-order valence-corrected chi connectivity index (χ4v) is 5.50. The van der Waals surface area contributed by atoms with Crippen LogP contribution < -0.4 is 0 Å². The number of allylic oxidation sites excluding steroid dienone is 10. The van der Waals surface area contributed by atoms with Gasteiger partial charge in [0.2, 0.25) is 0 Å². The first kappa shape index (κ1) is 49.0. The SMILES string of the molecule is CC/C=C/C/C=C/C/C=C/C/C=C/CCCCCCCCC(=O)OC(COCCC(C(=O)O)[N+](C)(C)C)COC(=O)CCC/C=C/CCCCCC. The van der Waals surface area contributed by atoms with E-state index in [-0.39, 0.29) is 36.2 Å². The summed E-state index contributed by atoms with van der Waals surface area (Å²) in [5.74, 6) is -1.54. The molecule has 1 N–H and O–H groups in total. The molecule has 0 radical (unpaired) electrons. The number of carboxylic acids is 1. The van der Waals surface area contributed by atoms with Crippen molar-refractivity contribution >= 4 is 17.9 Å². The lowest BCUT2D eigenvalue weighted by molar-refractivity contribution is -0.887. The number of carboxylic acid groups (broad SMARTS) is 1. The second-order valence-electron chi connectivity index (χ2n) is 14.5. The molecule has 0 aliphatic rings. The zero-order valence-electron chi connectivity index (χ0n) is 33.7. The van der Waals surface area contributed by atoms with Crippen LogP contribution in [0.1, 0.15) is 149 Å². The fourth-order valence-electron chi connectivity index (χ4n) is 5.50. The lowest BCUT2D eigenvalue weighted by Crippen LogP contribution is -2.50. The number of quaternary nitrogens is 1. The van der Waals surface area contributed by atoms with Gasteiger partial charge in [-0.2, -0.15) is 0 Å². The van der Waals surface area contributed by atoms with Gasteiger partial charge in [0.25, 0.3) is 0 Å². The number of esters is 2. The predicted octanol–water partition coefficient (Wildman–Crippen LogP) is 10.6. The molecule has 0 saturated heterocycles. The van der Waals surface area contributed by atoms with Crippen molar-refractivity contribution in [1.82, 2.24) is 0 Å². The van der Waals surface area contributed by atoms with Gasteiger partial charge in [-0.15, -0.1) is 0 Å². The van der Waals surface area contributed by atoms with Gasteiger partial charge in [0.1, 0.15) is 6.61 Å². The summed E-state index contributed by atoms with van der Waals surface area (Å²) in [5.41, 5.74) is 0. The molecule has 0 aromatic rings. The topological polar surface area (TPSA) is 99.1 Å². The molecular weight excluding hydrogens is 654 g/mol. The zero-order valence-corrected chi connectivity index (χ0v) is 33.7. The van der Waals surface area contributed by atoms with Crippen molar-refractivity contribution in [2.45, 2.75) is 161 Å². The van der Waals surface area contributed by atoms with Gasteiger partial charge >= 0.3 is 17.9 Å². The van der Waals surface area contributed by atoms with Gasteiger partial charge in [-0.25, -0.2) is 4.79 Å². The average Bonchev–Trinajstić information content (AvgIpc) is 3.09. The summed E-state index contributed by atoms with van der Waals surface area (Å²) < 4.78 is 17.1. The first-order chi connectivity index (χ1) is 25.1. The standard InChI is InChI=1S/C44H75NO7/c1-6-8-10-12-14-16-17-18-19-20-21-22-23-24-25-27-29-31-33-35-43(47)52-40(38-50-37-36-41(44(48)49)45(3,4)5)39-51-42(46)34-32-30-28-26-15-13-11-9-7-2/h8,10,14,16,18-19,21-22,26,28,40-41H,6-7,9,11-13,15,17,20,23-25,27,29-39H2,1-5H3/p+1/b10-8+,16-14+,19-18+,22-21+,28-26+. The van der Waals surface area contributed by atoms with Gasteiger partial charge in [0, 0.05) is 19.3 Å². The van der Waals surface area contributed by atoms with E-state index in [0.717, 1.165) is 70.6 Å². The number of aliphatic carboxylic acids is 1. The molecular formula is C44H76NO7+. The first-order valence-electron chi connectivity index (χ1n) is 20.3. The van der Waals surface area contributed by atoms with E-state index in [4.69, 9.17) is 14.2 Å². The van der Waals surface area contributed by atoms with Crippen molar-refractivity contribution in [3.63, 3.8) is 0 Å². The normalized spacial score (nSPS) is 13.6. The molecule has 8 heteroatoms. The van der Waals surface area contributed by atoms with Crippen LogP contribution in [-0.2, 0) is 28.6 Å². The highest BCUT2D eigenvalue weighted by atomic mass is 16.6. The van der Waals surface area contributed by atoms with Crippen molar-refractivity contribution < 1.29 is 38.2 Å². The van der Waals surface area contributed by atoms with E-state index in [2.05, 4.69) is 74.6 Å². The molecule has 0 aromatic heterocycles. The van der Waals surface area contributed by atoms with Gasteiger partial charge in [-0.05, 0) is 70.6 Å². The third kappa shape index (κ3) is 32.9. The Morgan fingerprint density at radius 2 is 1.10 bits per heavy atom. The quantitative estimate of drug-likeness (QED) is 0.0300. The highest BCUT2D eigenvalue weighted by molar-refractivity contribution is 5.72. The summed E-state index contributed by atoms with van der Waals surface area (Å²) in [7, 11) is 5.50. The molecule has 0 spiro atoms. The molecule has 0 aliphatic carbocycles. The molecule has 2 atom stereocenters. The molecule has 298 valence electrons. The number of unbranched alkanes of at least 4 members (excludes halogenated alkanes) is 11. The van der Waals surface area contributed by atoms with E-state index >= 15 is 0 Å². The summed E-state index contributed by atoms with van der Waals surface area (Å²) in [6, 6.07) is -0.621. The van der Waals surface area contributed by atoms with Crippen molar-refractivity contribution in [3.05, 3.63) is 60.8 Å². The van der Waals surface area contributed by atoms with Crippen LogP contribution in [0.25, 0.3) is 0 Å². The van der Waals surface area contributed by atoms with E-state index in [0.29, 0.717) is 25.7 Å². The van der Waals surface area contributed by atoms with Crippen LogP contribution in [0.5, 0.6) is 0 Å². The number of carbonyl (C=O) groups is 3. The predicted molar refractivity (Wildman–Crippen MR) is 215 cm³/mol. The van der Waals surface area contributed by atoms with Crippen molar-refractivity contribution in [1.29, 1.82) is 0 Å². The van der Waals surface area contributed by atoms with Crippen LogP contribution in [0.4, 0.5) is 0 Å².